The fraction of sp³-hybridized carbons (Fsp3) is 0.333. The van der Waals surface area contributed by atoms with E-state index in [4.69, 9.17) is 5.11 Å². The van der Waals surface area contributed by atoms with E-state index in [1.165, 1.54) is 6.07 Å². The van der Waals surface area contributed by atoms with Gasteiger partial charge in [-0.3, -0.25) is 0 Å². The number of aliphatic hydroxyl groups is 1. The lowest BCUT2D eigenvalue weighted by atomic mass is 10.1. The second kappa shape index (κ2) is 4.15. The van der Waals surface area contributed by atoms with Crippen molar-refractivity contribution in [2.45, 2.75) is 13.3 Å². The molecule has 1 aromatic carbocycles. The van der Waals surface area contributed by atoms with E-state index < -0.39 is 11.6 Å². The van der Waals surface area contributed by atoms with Gasteiger partial charge in [-0.2, -0.15) is 0 Å². The third kappa shape index (κ3) is 2.06. The van der Waals surface area contributed by atoms with Crippen LogP contribution in [0.15, 0.2) is 10.5 Å². The van der Waals surface area contributed by atoms with E-state index in [2.05, 4.69) is 15.9 Å². The van der Waals surface area contributed by atoms with Crippen LogP contribution in [0.2, 0.25) is 0 Å². The van der Waals surface area contributed by atoms with Gasteiger partial charge in [0, 0.05) is 18.6 Å². The summed E-state index contributed by atoms with van der Waals surface area (Å²) in [5.74, 6) is -1.20. The Hall–Kier alpha value is -0.480. The Balaban J connectivity index is 3.28. The maximum absolute atomic E-state index is 13.3. The number of aryl methyl sites for hydroxylation is 1. The molecule has 1 rings (SSSR count). The Kier molecular flexibility index (Phi) is 3.39. The second-order valence-electron chi connectivity index (χ2n) is 2.76. The standard InChI is InChI=1S/C9H9BrF2O/c1-5-4-7(10)9(12)6(2-3-13)8(5)11/h4,13H,2-3H2,1H3. The maximum Gasteiger partial charge on any atom is 0.143 e. The summed E-state index contributed by atoms with van der Waals surface area (Å²) >= 11 is 2.98. The van der Waals surface area contributed by atoms with Gasteiger partial charge in [-0.1, -0.05) is 0 Å². The van der Waals surface area contributed by atoms with Crippen LogP contribution in [0.3, 0.4) is 0 Å². The number of benzene rings is 1. The first-order valence-corrected chi connectivity index (χ1v) is 4.61. The summed E-state index contributed by atoms with van der Waals surface area (Å²) < 4.78 is 26.7. The molecule has 0 aromatic heterocycles. The highest BCUT2D eigenvalue weighted by molar-refractivity contribution is 9.10. The molecule has 0 heterocycles. The van der Waals surface area contributed by atoms with Crippen molar-refractivity contribution in [1.82, 2.24) is 0 Å². The van der Waals surface area contributed by atoms with Crippen LogP contribution in [0.4, 0.5) is 8.78 Å². The predicted octanol–water partition coefficient (Wildman–Crippen LogP) is 2.57. The van der Waals surface area contributed by atoms with Crippen molar-refractivity contribution in [2.75, 3.05) is 6.61 Å². The SMILES string of the molecule is Cc1cc(Br)c(F)c(CCO)c1F. The molecule has 0 unspecified atom stereocenters. The van der Waals surface area contributed by atoms with Gasteiger partial charge in [-0.25, -0.2) is 8.78 Å². The first-order valence-electron chi connectivity index (χ1n) is 3.81. The highest BCUT2D eigenvalue weighted by atomic mass is 79.9. The zero-order valence-electron chi connectivity index (χ0n) is 7.07. The molecule has 0 saturated carbocycles. The average Bonchev–Trinajstić information content (AvgIpc) is 2.09. The summed E-state index contributed by atoms with van der Waals surface area (Å²) in [6.07, 6.45) is -0.00204. The number of aliphatic hydroxyl groups excluding tert-OH is 1. The molecule has 0 aliphatic rings. The monoisotopic (exact) mass is 250 g/mol. The largest absolute Gasteiger partial charge is 0.396 e. The van der Waals surface area contributed by atoms with Crippen LogP contribution in [0.25, 0.3) is 0 Å². The molecule has 0 radical (unpaired) electrons. The summed E-state index contributed by atoms with van der Waals surface area (Å²) in [5, 5.41) is 8.60. The molecule has 4 heteroatoms. The smallest absolute Gasteiger partial charge is 0.143 e. The minimum absolute atomic E-state index is 0.00204. The van der Waals surface area contributed by atoms with E-state index in [9.17, 15) is 8.78 Å². The lowest BCUT2D eigenvalue weighted by molar-refractivity contribution is 0.295. The predicted molar refractivity (Wildman–Crippen MR) is 49.6 cm³/mol. The summed E-state index contributed by atoms with van der Waals surface area (Å²) in [7, 11) is 0. The summed E-state index contributed by atoms with van der Waals surface area (Å²) in [5.41, 5.74) is 0.311. The van der Waals surface area contributed by atoms with Crippen molar-refractivity contribution in [1.29, 1.82) is 0 Å². The molecule has 1 N–H and O–H groups in total. The van der Waals surface area contributed by atoms with Gasteiger partial charge >= 0.3 is 0 Å². The minimum atomic E-state index is -0.628. The van der Waals surface area contributed by atoms with Crippen molar-refractivity contribution in [3.05, 3.63) is 33.3 Å². The molecule has 13 heavy (non-hydrogen) atoms. The molecular formula is C9H9BrF2O. The normalized spacial score (nSPS) is 10.5. The Morgan fingerprint density at radius 3 is 2.54 bits per heavy atom. The highest BCUT2D eigenvalue weighted by Crippen LogP contribution is 2.24. The maximum atomic E-state index is 13.3. The molecule has 0 saturated heterocycles. The quantitative estimate of drug-likeness (QED) is 0.801. The highest BCUT2D eigenvalue weighted by Gasteiger charge is 2.14. The molecular weight excluding hydrogens is 242 g/mol. The Morgan fingerprint density at radius 1 is 1.38 bits per heavy atom. The van der Waals surface area contributed by atoms with E-state index in [0.29, 0.717) is 5.56 Å². The fourth-order valence-corrected chi connectivity index (χ4v) is 1.71. The van der Waals surface area contributed by atoms with Crippen LogP contribution in [-0.2, 0) is 6.42 Å². The van der Waals surface area contributed by atoms with Crippen LogP contribution in [-0.4, -0.2) is 11.7 Å². The number of hydrogen-bond acceptors (Lipinski definition) is 1. The van der Waals surface area contributed by atoms with E-state index in [-0.39, 0.29) is 23.1 Å². The number of hydrogen-bond donors (Lipinski definition) is 1. The molecule has 0 amide bonds. The van der Waals surface area contributed by atoms with Crippen LogP contribution in [0.1, 0.15) is 11.1 Å². The van der Waals surface area contributed by atoms with Crippen LogP contribution >= 0.6 is 15.9 Å². The van der Waals surface area contributed by atoms with Gasteiger partial charge < -0.3 is 5.11 Å². The second-order valence-corrected chi connectivity index (χ2v) is 3.61. The van der Waals surface area contributed by atoms with Crippen molar-refractivity contribution in [3.8, 4) is 0 Å². The Labute approximate surface area is 83.5 Å². The third-order valence-electron chi connectivity index (χ3n) is 1.79. The van der Waals surface area contributed by atoms with Gasteiger partial charge in [-0.15, -0.1) is 0 Å². The Bertz CT molecular complexity index is 300. The average molecular weight is 251 g/mol. The lowest BCUT2D eigenvalue weighted by Crippen LogP contribution is -2.02. The fourth-order valence-electron chi connectivity index (χ4n) is 1.13. The van der Waals surface area contributed by atoms with Crippen LogP contribution in [0, 0.1) is 18.6 Å². The van der Waals surface area contributed by atoms with Crippen molar-refractivity contribution in [2.24, 2.45) is 0 Å². The molecule has 0 aliphatic carbocycles. The molecule has 0 spiro atoms. The zero-order chi connectivity index (χ0) is 10.0. The summed E-state index contributed by atoms with van der Waals surface area (Å²) in [4.78, 5) is 0. The van der Waals surface area contributed by atoms with Crippen molar-refractivity contribution >= 4 is 15.9 Å². The summed E-state index contributed by atoms with van der Waals surface area (Å²) in [6, 6.07) is 1.38. The van der Waals surface area contributed by atoms with Gasteiger partial charge in [0.15, 0.2) is 0 Å². The van der Waals surface area contributed by atoms with Crippen molar-refractivity contribution < 1.29 is 13.9 Å². The van der Waals surface area contributed by atoms with Crippen molar-refractivity contribution in [3.63, 3.8) is 0 Å². The third-order valence-corrected chi connectivity index (χ3v) is 2.37. The van der Waals surface area contributed by atoms with E-state index >= 15 is 0 Å². The van der Waals surface area contributed by atoms with Gasteiger partial charge in [0.1, 0.15) is 11.6 Å². The molecule has 0 fully saturated rings. The molecule has 0 aliphatic heterocycles. The Morgan fingerprint density at radius 2 is 2.00 bits per heavy atom. The van der Waals surface area contributed by atoms with Crippen LogP contribution < -0.4 is 0 Å². The molecule has 72 valence electrons. The van der Waals surface area contributed by atoms with Gasteiger partial charge in [-0.05, 0) is 34.5 Å². The molecule has 0 atom stereocenters. The minimum Gasteiger partial charge on any atom is -0.396 e. The lowest BCUT2D eigenvalue weighted by Gasteiger charge is -2.07. The van der Waals surface area contributed by atoms with Gasteiger partial charge in [0.05, 0.1) is 4.47 Å². The zero-order valence-corrected chi connectivity index (χ0v) is 8.66. The van der Waals surface area contributed by atoms with E-state index in [0.717, 1.165) is 0 Å². The van der Waals surface area contributed by atoms with E-state index in [1.807, 2.05) is 0 Å². The molecule has 0 bridgehead atoms. The summed E-state index contributed by atoms with van der Waals surface area (Å²) in [6.45, 7) is 1.30. The topological polar surface area (TPSA) is 20.2 Å². The molecule has 1 nitrogen and oxygen atoms in total. The van der Waals surface area contributed by atoms with Gasteiger partial charge in [0.25, 0.3) is 0 Å². The van der Waals surface area contributed by atoms with E-state index in [1.54, 1.807) is 6.92 Å². The van der Waals surface area contributed by atoms with Crippen LogP contribution in [0.5, 0.6) is 0 Å². The molecule has 1 aromatic rings. The number of halogens is 3. The first-order chi connectivity index (χ1) is 6.07. The number of rotatable bonds is 2. The first kappa shape index (κ1) is 10.6. The van der Waals surface area contributed by atoms with Gasteiger partial charge in [0.2, 0.25) is 0 Å².